The fourth-order valence-electron chi connectivity index (χ4n) is 2.48. The van der Waals surface area contributed by atoms with Crippen LogP contribution in [0.1, 0.15) is 25.1 Å². The summed E-state index contributed by atoms with van der Waals surface area (Å²) in [6, 6.07) is 11.3. The molecule has 0 amide bonds. The molecule has 0 spiro atoms. The van der Waals surface area contributed by atoms with Crippen LogP contribution in [-0.4, -0.2) is 4.98 Å². The zero-order valence-corrected chi connectivity index (χ0v) is 10.5. The Bertz CT molecular complexity index is 656. The van der Waals surface area contributed by atoms with E-state index in [1.165, 1.54) is 11.6 Å². The SMILES string of the molecule is CC1(C)Cc2ccccc2Oc2ccc(=O)[nH]c21. The average Bonchev–Trinajstić information content (AvgIpc) is 2.43. The molecule has 1 aromatic heterocycles. The Labute approximate surface area is 105 Å². The number of pyridine rings is 1. The van der Waals surface area contributed by atoms with Crippen molar-refractivity contribution in [3.8, 4) is 11.5 Å². The van der Waals surface area contributed by atoms with E-state index in [9.17, 15) is 4.79 Å². The summed E-state index contributed by atoms with van der Waals surface area (Å²) in [6.07, 6.45) is 0.843. The first-order chi connectivity index (χ1) is 8.56. The molecule has 3 heteroatoms. The van der Waals surface area contributed by atoms with Crippen molar-refractivity contribution in [2.75, 3.05) is 0 Å². The van der Waals surface area contributed by atoms with E-state index in [4.69, 9.17) is 4.74 Å². The Morgan fingerprint density at radius 1 is 1.11 bits per heavy atom. The van der Waals surface area contributed by atoms with E-state index in [1.807, 2.05) is 18.2 Å². The molecule has 0 fully saturated rings. The molecule has 0 atom stereocenters. The molecule has 0 aliphatic carbocycles. The van der Waals surface area contributed by atoms with Crippen LogP contribution in [0.4, 0.5) is 0 Å². The first-order valence-corrected chi connectivity index (χ1v) is 6.06. The molecule has 18 heavy (non-hydrogen) atoms. The van der Waals surface area contributed by atoms with E-state index in [-0.39, 0.29) is 11.0 Å². The van der Waals surface area contributed by atoms with Gasteiger partial charge in [-0.05, 0) is 24.1 Å². The second kappa shape index (κ2) is 3.73. The van der Waals surface area contributed by atoms with Crippen LogP contribution in [0, 0.1) is 0 Å². The molecule has 1 aliphatic heterocycles. The first kappa shape index (κ1) is 11.1. The van der Waals surface area contributed by atoms with Gasteiger partial charge in [-0.25, -0.2) is 0 Å². The predicted molar refractivity (Wildman–Crippen MR) is 70.3 cm³/mol. The van der Waals surface area contributed by atoms with Gasteiger partial charge < -0.3 is 9.72 Å². The highest BCUT2D eigenvalue weighted by molar-refractivity contribution is 5.45. The number of aromatic amines is 1. The standard InChI is InChI=1S/C15H15NO2/c1-15(2)9-10-5-3-4-6-11(10)18-12-7-8-13(17)16-14(12)15/h3-8H,9H2,1-2H3,(H,16,17). The summed E-state index contributed by atoms with van der Waals surface area (Å²) in [7, 11) is 0. The minimum Gasteiger partial charge on any atom is -0.455 e. The van der Waals surface area contributed by atoms with Crippen LogP contribution in [0.3, 0.4) is 0 Å². The van der Waals surface area contributed by atoms with E-state index in [0.29, 0.717) is 0 Å². The number of aromatic nitrogens is 1. The highest BCUT2D eigenvalue weighted by Gasteiger charge is 2.30. The Kier molecular flexibility index (Phi) is 2.30. The molecule has 2 heterocycles. The summed E-state index contributed by atoms with van der Waals surface area (Å²) in [6.45, 7) is 4.24. The molecular formula is C15H15NO2. The lowest BCUT2D eigenvalue weighted by atomic mass is 9.82. The van der Waals surface area contributed by atoms with E-state index in [1.54, 1.807) is 6.07 Å². The van der Waals surface area contributed by atoms with Crippen LogP contribution in [0.2, 0.25) is 0 Å². The van der Waals surface area contributed by atoms with Crippen molar-refractivity contribution in [3.63, 3.8) is 0 Å². The Morgan fingerprint density at radius 3 is 2.72 bits per heavy atom. The molecule has 3 rings (SSSR count). The monoisotopic (exact) mass is 241 g/mol. The molecule has 1 N–H and O–H groups in total. The quantitative estimate of drug-likeness (QED) is 0.770. The molecule has 1 aliphatic rings. The Hall–Kier alpha value is -2.03. The minimum atomic E-state index is -0.150. The lowest BCUT2D eigenvalue weighted by molar-refractivity contribution is 0.460. The number of ether oxygens (including phenoxy) is 1. The first-order valence-electron chi connectivity index (χ1n) is 6.06. The number of hydrogen-bond acceptors (Lipinski definition) is 2. The van der Waals surface area contributed by atoms with E-state index in [0.717, 1.165) is 23.6 Å². The molecule has 0 unspecified atom stereocenters. The van der Waals surface area contributed by atoms with Crippen molar-refractivity contribution >= 4 is 0 Å². The van der Waals surface area contributed by atoms with Crippen LogP contribution in [-0.2, 0) is 11.8 Å². The number of H-pyrrole nitrogens is 1. The lowest BCUT2D eigenvalue weighted by Gasteiger charge is -2.23. The maximum Gasteiger partial charge on any atom is 0.248 e. The zero-order chi connectivity index (χ0) is 12.8. The molecular weight excluding hydrogens is 226 g/mol. The maximum absolute atomic E-state index is 11.5. The van der Waals surface area contributed by atoms with E-state index >= 15 is 0 Å². The summed E-state index contributed by atoms with van der Waals surface area (Å²) in [5, 5.41) is 0. The van der Waals surface area contributed by atoms with Crippen molar-refractivity contribution in [2.45, 2.75) is 25.7 Å². The second-order valence-electron chi connectivity index (χ2n) is 5.33. The van der Waals surface area contributed by atoms with Gasteiger partial charge in [0, 0.05) is 11.5 Å². The van der Waals surface area contributed by atoms with Crippen molar-refractivity contribution in [3.05, 3.63) is 58.0 Å². The normalized spacial score (nSPS) is 16.1. The third-order valence-electron chi connectivity index (χ3n) is 3.38. The molecule has 1 aromatic carbocycles. The van der Waals surface area contributed by atoms with Crippen LogP contribution < -0.4 is 10.3 Å². The fourth-order valence-corrected chi connectivity index (χ4v) is 2.48. The van der Waals surface area contributed by atoms with Gasteiger partial charge in [0.05, 0.1) is 5.69 Å². The summed E-state index contributed by atoms with van der Waals surface area (Å²) < 4.78 is 5.92. The second-order valence-corrected chi connectivity index (χ2v) is 5.33. The number of benzene rings is 1. The number of para-hydroxylation sites is 1. The summed E-state index contributed by atoms with van der Waals surface area (Å²) in [5.41, 5.74) is 1.80. The molecule has 2 aromatic rings. The zero-order valence-electron chi connectivity index (χ0n) is 10.5. The van der Waals surface area contributed by atoms with E-state index in [2.05, 4.69) is 24.9 Å². The summed E-state index contributed by atoms with van der Waals surface area (Å²) in [4.78, 5) is 14.4. The van der Waals surface area contributed by atoms with E-state index < -0.39 is 0 Å². The van der Waals surface area contributed by atoms with Gasteiger partial charge in [-0.15, -0.1) is 0 Å². The summed E-state index contributed by atoms with van der Waals surface area (Å²) in [5.74, 6) is 1.61. The van der Waals surface area contributed by atoms with Crippen LogP contribution in [0.15, 0.2) is 41.2 Å². The highest BCUT2D eigenvalue weighted by atomic mass is 16.5. The smallest absolute Gasteiger partial charge is 0.248 e. The van der Waals surface area contributed by atoms with Crippen molar-refractivity contribution in [1.82, 2.24) is 4.98 Å². The fraction of sp³-hybridized carbons (Fsp3) is 0.267. The van der Waals surface area contributed by atoms with Gasteiger partial charge in [0.25, 0.3) is 0 Å². The minimum absolute atomic E-state index is 0.0867. The van der Waals surface area contributed by atoms with Gasteiger partial charge in [-0.2, -0.15) is 0 Å². The Morgan fingerprint density at radius 2 is 1.89 bits per heavy atom. The van der Waals surface area contributed by atoms with Crippen LogP contribution in [0.5, 0.6) is 11.5 Å². The number of nitrogens with one attached hydrogen (secondary N) is 1. The van der Waals surface area contributed by atoms with Gasteiger partial charge >= 0.3 is 0 Å². The predicted octanol–water partition coefficient (Wildman–Crippen LogP) is 3.00. The van der Waals surface area contributed by atoms with Crippen LogP contribution in [0.25, 0.3) is 0 Å². The van der Waals surface area contributed by atoms with Gasteiger partial charge in [0.2, 0.25) is 5.56 Å². The van der Waals surface area contributed by atoms with Gasteiger partial charge in [0.1, 0.15) is 11.5 Å². The van der Waals surface area contributed by atoms with Crippen molar-refractivity contribution in [1.29, 1.82) is 0 Å². The summed E-state index contributed by atoms with van der Waals surface area (Å²) >= 11 is 0. The largest absolute Gasteiger partial charge is 0.455 e. The third-order valence-corrected chi connectivity index (χ3v) is 3.38. The average molecular weight is 241 g/mol. The molecule has 3 nitrogen and oxygen atoms in total. The molecule has 92 valence electrons. The number of hydrogen-bond donors (Lipinski definition) is 1. The number of fused-ring (bicyclic) bond motifs is 2. The molecule has 0 radical (unpaired) electrons. The van der Waals surface area contributed by atoms with Crippen LogP contribution >= 0.6 is 0 Å². The third kappa shape index (κ3) is 1.72. The van der Waals surface area contributed by atoms with Crippen molar-refractivity contribution < 1.29 is 4.74 Å². The molecule has 0 bridgehead atoms. The van der Waals surface area contributed by atoms with Gasteiger partial charge in [-0.3, -0.25) is 4.79 Å². The topological polar surface area (TPSA) is 42.1 Å². The van der Waals surface area contributed by atoms with Gasteiger partial charge in [-0.1, -0.05) is 32.0 Å². The lowest BCUT2D eigenvalue weighted by Crippen LogP contribution is -2.24. The highest BCUT2D eigenvalue weighted by Crippen LogP contribution is 2.40. The van der Waals surface area contributed by atoms with Gasteiger partial charge in [0.15, 0.2) is 0 Å². The number of rotatable bonds is 0. The molecule has 0 saturated carbocycles. The Balaban J connectivity index is 2.24. The molecule has 0 saturated heterocycles. The maximum atomic E-state index is 11.5. The van der Waals surface area contributed by atoms with Crippen molar-refractivity contribution in [2.24, 2.45) is 0 Å².